The predicted molar refractivity (Wildman–Crippen MR) is 104 cm³/mol. The van der Waals surface area contributed by atoms with Crippen molar-refractivity contribution in [3.05, 3.63) is 77.9 Å². The van der Waals surface area contributed by atoms with Gasteiger partial charge in [0.25, 0.3) is 0 Å². The van der Waals surface area contributed by atoms with Gasteiger partial charge in [0, 0.05) is 30.3 Å². The molecule has 1 atom stereocenters. The van der Waals surface area contributed by atoms with Gasteiger partial charge in [-0.05, 0) is 35.7 Å². The molecule has 0 amide bonds. The highest BCUT2D eigenvalue weighted by Gasteiger charge is 2.08. The van der Waals surface area contributed by atoms with Gasteiger partial charge in [0.2, 0.25) is 5.88 Å². The van der Waals surface area contributed by atoms with E-state index < -0.39 is 0 Å². The lowest BCUT2D eigenvalue weighted by Crippen LogP contribution is -2.19. The molecule has 0 fully saturated rings. The maximum Gasteiger partial charge on any atom is 0.213 e. The summed E-state index contributed by atoms with van der Waals surface area (Å²) in [5, 5.41) is 13.6. The topological polar surface area (TPSA) is 54.4 Å². The lowest BCUT2D eigenvalue weighted by atomic mass is 10.0. The molecule has 0 spiro atoms. The first kappa shape index (κ1) is 18.0. The van der Waals surface area contributed by atoms with Crippen LogP contribution in [-0.4, -0.2) is 23.7 Å². The number of hydrogen-bond acceptors (Lipinski definition) is 4. The van der Waals surface area contributed by atoms with Crippen molar-refractivity contribution in [1.29, 1.82) is 0 Å². The summed E-state index contributed by atoms with van der Waals surface area (Å²) in [6.07, 6.45) is 0. The second kappa shape index (κ2) is 8.50. The van der Waals surface area contributed by atoms with Crippen molar-refractivity contribution in [2.75, 3.05) is 13.7 Å². The lowest BCUT2D eigenvalue weighted by Gasteiger charge is -2.14. The molecule has 1 heterocycles. The van der Waals surface area contributed by atoms with Gasteiger partial charge in [-0.15, -0.1) is 0 Å². The molecule has 0 aliphatic carbocycles. The van der Waals surface area contributed by atoms with Crippen molar-refractivity contribution in [2.45, 2.75) is 19.4 Å². The van der Waals surface area contributed by atoms with E-state index in [0.717, 1.165) is 23.4 Å². The summed E-state index contributed by atoms with van der Waals surface area (Å²) >= 11 is 0. The van der Waals surface area contributed by atoms with E-state index in [0.29, 0.717) is 18.3 Å². The molecule has 3 rings (SSSR count). The predicted octanol–water partition coefficient (Wildman–Crippen LogP) is 4.36. The molecule has 2 N–H and O–H groups in total. The number of methoxy groups -OCH3 is 1. The fourth-order valence-corrected chi connectivity index (χ4v) is 2.90. The quantitative estimate of drug-likeness (QED) is 0.666. The molecule has 0 aliphatic rings. The molecule has 4 nitrogen and oxygen atoms in total. The molecule has 0 bridgehead atoms. The fraction of sp³-hybridized carbons (Fsp3) is 0.227. The van der Waals surface area contributed by atoms with Gasteiger partial charge in [0.05, 0.1) is 12.8 Å². The van der Waals surface area contributed by atoms with Crippen LogP contribution in [0.5, 0.6) is 11.6 Å². The van der Waals surface area contributed by atoms with Crippen molar-refractivity contribution in [1.82, 2.24) is 10.3 Å². The Bertz CT molecular complexity index is 850. The number of pyridine rings is 1. The Kier molecular flexibility index (Phi) is 5.87. The first-order valence-corrected chi connectivity index (χ1v) is 8.76. The third kappa shape index (κ3) is 4.41. The number of aromatic hydroxyl groups is 1. The van der Waals surface area contributed by atoms with Gasteiger partial charge in [0.15, 0.2) is 0 Å². The highest BCUT2D eigenvalue weighted by Crippen LogP contribution is 2.26. The molecule has 0 radical (unpaired) electrons. The molecular formula is C22H24N2O2. The maximum absolute atomic E-state index is 10.2. The summed E-state index contributed by atoms with van der Waals surface area (Å²) in [4.78, 5) is 4.46. The van der Waals surface area contributed by atoms with E-state index in [2.05, 4.69) is 41.5 Å². The van der Waals surface area contributed by atoms with Gasteiger partial charge in [-0.25, -0.2) is 4.98 Å². The smallest absolute Gasteiger partial charge is 0.213 e. The van der Waals surface area contributed by atoms with Crippen molar-refractivity contribution in [3.8, 4) is 22.9 Å². The zero-order valence-corrected chi connectivity index (χ0v) is 15.1. The van der Waals surface area contributed by atoms with Crippen LogP contribution in [-0.2, 0) is 6.54 Å². The minimum atomic E-state index is 0.288. The monoisotopic (exact) mass is 348 g/mol. The number of hydrogen-bond donors (Lipinski definition) is 2. The SMILES string of the molecule is COc1cccc(-c2ccc(O)c(CNCC(C)c3ccccc3)c2)n1. The molecule has 0 aliphatic heterocycles. The van der Waals surface area contributed by atoms with Crippen LogP contribution in [0.25, 0.3) is 11.3 Å². The summed E-state index contributed by atoms with van der Waals surface area (Å²) in [5.41, 5.74) is 3.93. The first-order valence-electron chi connectivity index (χ1n) is 8.76. The van der Waals surface area contributed by atoms with Crippen molar-refractivity contribution < 1.29 is 9.84 Å². The van der Waals surface area contributed by atoms with E-state index in [4.69, 9.17) is 4.74 Å². The molecule has 0 saturated carbocycles. The van der Waals surface area contributed by atoms with E-state index in [1.54, 1.807) is 13.2 Å². The summed E-state index contributed by atoms with van der Waals surface area (Å²) in [7, 11) is 1.60. The first-order chi connectivity index (χ1) is 12.7. The molecule has 1 unspecified atom stereocenters. The van der Waals surface area contributed by atoms with Crippen molar-refractivity contribution in [3.63, 3.8) is 0 Å². The van der Waals surface area contributed by atoms with Crippen LogP contribution in [0.3, 0.4) is 0 Å². The van der Waals surface area contributed by atoms with Gasteiger partial charge in [0.1, 0.15) is 5.75 Å². The van der Waals surface area contributed by atoms with Crippen molar-refractivity contribution in [2.24, 2.45) is 0 Å². The Morgan fingerprint density at radius 1 is 1.04 bits per heavy atom. The maximum atomic E-state index is 10.2. The van der Waals surface area contributed by atoms with Crippen LogP contribution in [0.1, 0.15) is 24.0 Å². The second-order valence-electron chi connectivity index (χ2n) is 6.35. The highest BCUT2D eigenvalue weighted by molar-refractivity contribution is 5.62. The van der Waals surface area contributed by atoms with Crippen LogP contribution in [0.4, 0.5) is 0 Å². The molecule has 0 saturated heterocycles. The average molecular weight is 348 g/mol. The number of rotatable bonds is 7. The number of nitrogens with zero attached hydrogens (tertiary/aromatic N) is 1. The Balaban J connectivity index is 1.68. The molecule has 134 valence electrons. The number of phenolic OH excluding ortho intramolecular Hbond substituents is 1. The summed E-state index contributed by atoms with van der Waals surface area (Å²) in [5.74, 6) is 1.27. The van der Waals surface area contributed by atoms with Crippen LogP contribution in [0.2, 0.25) is 0 Å². The average Bonchev–Trinajstić information content (AvgIpc) is 2.70. The zero-order chi connectivity index (χ0) is 18.4. The standard InChI is InChI=1S/C22H24N2O2/c1-16(17-7-4-3-5-8-17)14-23-15-19-13-18(11-12-21(19)25)20-9-6-10-22(24-20)26-2/h3-13,16,23,25H,14-15H2,1-2H3. The normalized spacial score (nSPS) is 11.9. The van der Waals surface area contributed by atoms with Crippen molar-refractivity contribution >= 4 is 0 Å². The van der Waals surface area contributed by atoms with E-state index in [1.165, 1.54) is 5.56 Å². The number of benzene rings is 2. The largest absolute Gasteiger partial charge is 0.508 e. The van der Waals surface area contributed by atoms with Gasteiger partial charge >= 0.3 is 0 Å². The Morgan fingerprint density at radius 2 is 1.85 bits per heavy atom. The molecule has 3 aromatic rings. The molecule has 4 heteroatoms. The van der Waals surface area contributed by atoms with Crippen LogP contribution < -0.4 is 10.1 Å². The fourth-order valence-electron chi connectivity index (χ4n) is 2.90. The Morgan fingerprint density at radius 3 is 2.62 bits per heavy atom. The van der Waals surface area contributed by atoms with E-state index >= 15 is 0 Å². The third-order valence-corrected chi connectivity index (χ3v) is 4.44. The number of ether oxygens (including phenoxy) is 1. The van der Waals surface area contributed by atoms with Crippen LogP contribution in [0, 0.1) is 0 Å². The highest BCUT2D eigenvalue weighted by atomic mass is 16.5. The Labute approximate surface area is 154 Å². The Hall–Kier alpha value is -2.85. The summed E-state index contributed by atoms with van der Waals surface area (Å²) in [6.45, 7) is 3.63. The second-order valence-corrected chi connectivity index (χ2v) is 6.35. The molecule has 26 heavy (non-hydrogen) atoms. The van der Waals surface area contributed by atoms with Crippen LogP contribution >= 0.6 is 0 Å². The van der Waals surface area contributed by atoms with E-state index in [1.807, 2.05) is 36.4 Å². The minimum Gasteiger partial charge on any atom is -0.508 e. The van der Waals surface area contributed by atoms with Gasteiger partial charge in [-0.2, -0.15) is 0 Å². The van der Waals surface area contributed by atoms with E-state index in [9.17, 15) is 5.11 Å². The number of nitrogens with one attached hydrogen (secondary N) is 1. The summed E-state index contributed by atoms with van der Waals surface area (Å²) < 4.78 is 5.19. The molecular weight excluding hydrogens is 324 g/mol. The minimum absolute atomic E-state index is 0.288. The summed E-state index contributed by atoms with van der Waals surface area (Å²) in [6, 6.07) is 21.6. The molecule has 2 aromatic carbocycles. The van der Waals surface area contributed by atoms with Gasteiger partial charge < -0.3 is 15.2 Å². The van der Waals surface area contributed by atoms with E-state index in [-0.39, 0.29) is 5.75 Å². The third-order valence-electron chi connectivity index (χ3n) is 4.44. The number of aromatic nitrogens is 1. The lowest BCUT2D eigenvalue weighted by molar-refractivity contribution is 0.398. The van der Waals surface area contributed by atoms with Gasteiger partial charge in [-0.1, -0.05) is 43.3 Å². The molecule has 1 aromatic heterocycles. The number of phenols is 1. The zero-order valence-electron chi connectivity index (χ0n) is 15.1. The van der Waals surface area contributed by atoms with Crippen LogP contribution in [0.15, 0.2) is 66.7 Å². The van der Waals surface area contributed by atoms with Gasteiger partial charge in [-0.3, -0.25) is 0 Å².